The van der Waals surface area contributed by atoms with Crippen LogP contribution in [-0.2, 0) is 20.7 Å². The molecule has 0 radical (unpaired) electrons. The maximum absolute atomic E-state index is 14.6. The van der Waals surface area contributed by atoms with Crippen LogP contribution < -0.4 is 14.8 Å². The largest absolute Gasteiger partial charge is 0.497 e. The minimum absolute atomic E-state index is 0.0137. The van der Waals surface area contributed by atoms with Crippen molar-refractivity contribution in [3.05, 3.63) is 42.0 Å². The van der Waals surface area contributed by atoms with Crippen LogP contribution in [-0.4, -0.2) is 65.6 Å². The van der Waals surface area contributed by atoms with Crippen molar-refractivity contribution in [2.45, 2.75) is 124 Å². The molecule has 2 amide bonds. The number of Topliss-reactive ketones (excluding diaryl/α,β-unsaturated/α-hetero) is 1. The number of hydrogen-bond acceptors (Lipinski definition) is 7. The lowest BCUT2D eigenvalue weighted by Gasteiger charge is -2.37. The summed E-state index contributed by atoms with van der Waals surface area (Å²) in [6.45, 7) is 16.0. The Kier molecular flexibility index (Phi) is 11.1. The second-order valence-corrected chi connectivity index (χ2v) is 15.4. The van der Waals surface area contributed by atoms with Crippen molar-refractivity contribution in [1.82, 2.24) is 15.2 Å². The molecule has 3 heterocycles. The molecule has 6 unspecified atom stereocenters. The Hall–Kier alpha value is -3.62. The molecule has 2 aliphatic heterocycles. The molecule has 5 rings (SSSR count). The molecule has 1 aliphatic carbocycles. The molecular weight excluding hydrogens is 606 g/mol. The molecule has 9 heteroatoms. The molecule has 262 valence electrons. The number of ether oxygens (including phenoxy) is 3. The Balaban J connectivity index is 1.58. The Labute approximate surface area is 286 Å². The number of benzene rings is 1. The first kappa shape index (κ1) is 35.7. The van der Waals surface area contributed by atoms with E-state index in [1.54, 1.807) is 12.0 Å². The molecule has 1 saturated carbocycles. The number of pyridine rings is 1. The van der Waals surface area contributed by atoms with Gasteiger partial charge in [0.2, 0.25) is 11.8 Å². The SMILES string of the molecule is C=C1CCCC2CCCCCc3cc4ccc(OC)cc4nc3OC3CN(C(=O)C(C(C)(C)C)NC(=O)OC12)C(C(=O)C(C)C)C3CC. The van der Waals surface area contributed by atoms with Crippen LogP contribution >= 0.6 is 0 Å². The molecule has 1 aromatic carbocycles. The summed E-state index contributed by atoms with van der Waals surface area (Å²) in [7, 11) is 1.64. The van der Waals surface area contributed by atoms with Crippen molar-refractivity contribution in [1.29, 1.82) is 0 Å². The summed E-state index contributed by atoms with van der Waals surface area (Å²) in [4.78, 5) is 48.8. The van der Waals surface area contributed by atoms with E-state index in [0.717, 1.165) is 73.4 Å². The van der Waals surface area contributed by atoms with Crippen molar-refractivity contribution in [2.24, 2.45) is 23.2 Å². The molecule has 3 aliphatic rings. The van der Waals surface area contributed by atoms with Crippen LogP contribution in [0.5, 0.6) is 11.6 Å². The summed E-state index contributed by atoms with van der Waals surface area (Å²) in [5.74, 6) is 0.587. The monoisotopic (exact) mass is 661 g/mol. The number of carbonyl (C=O) groups excluding carboxylic acids is 3. The number of nitrogens with zero attached hydrogens (tertiary/aromatic N) is 2. The van der Waals surface area contributed by atoms with Gasteiger partial charge >= 0.3 is 6.09 Å². The average molecular weight is 662 g/mol. The number of aryl methyl sites for hydroxylation is 1. The van der Waals surface area contributed by atoms with Crippen LogP contribution in [0.4, 0.5) is 4.79 Å². The minimum atomic E-state index is -0.917. The molecule has 2 bridgehead atoms. The highest BCUT2D eigenvalue weighted by atomic mass is 16.6. The lowest BCUT2D eigenvalue weighted by molar-refractivity contribution is -0.143. The van der Waals surface area contributed by atoms with Crippen molar-refractivity contribution in [3.8, 4) is 11.6 Å². The third kappa shape index (κ3) is 7.65. The topological polar surface area (TPSA) is 107 Å². The van der Waals surface area contributed by atoms with Gasteiger partial charge in [-0.3, -0.25) is 9.59 Å². The molecule has 48 heavy (non-hydrogen) atoms. The quantitative estimate of drug-likeness (QED) is 0.340. The van der Waals surface area contributed by atoms with Crippen LogP contribution in [0, 0.1) is 23.2 Å². The van der Waals surface area contributed by atoms with Gasteiger partial charge < -0.3 is 24.4 Å². The highest BCUT2D eigenvalue weighted by molar-refractivity contribution is 5.94. The number of hydrogen-bond donors (Lipinski definition) is 1. The highest BCUT2D eigenvalue weighted by Crippen LogP contribution is 2.38. The van der Waals surface area contributed by atoms with Crippen molar-refractivity contribution < 1.29 is 28.6 Å². The number of methoxy groups -OCH3 is 1. The van der Waals surface area contributed by atoms with Crippen molar-refractivity contribution >= 4 is 28.7 Å². The van der Waals surface area contributed by atoms with E-state index >= 15 is 0 Å². The van der Waals surface area contributed by atoms with Gasteiger partial charge in [0.05, 0.1) is 25.2 Å². The smallest absolute Gasteiger partial charge is 0.408 e. The second kappa shape index (κ2) is 14.9. The third-order valence-corrected chi connectivity index (χ3v) is 10.6. The van der Waals surface area contributed by atoms with Crippen LogP contribution in [0.2, 0.25) is 0 Å². The van der Waals surface area contributed by atoms with E-state index in [4.69, 9.17) is 19.2 Å². The molecule has 0 spiro atoms. The maximum Gasteiger partial charge on any atom is 0.408 e. The number of nitrogens with one attached hydrogen (secondary N) is 1. The molecule has 1 saturated heterocycles. The molecule has 1 N–H and O–H groups in total. The Morgan fingerprint density at radius 3 is 2.52 bits per heavy atom. The number of rotatable bonds is 4. The molecule has 6 atom stereocenters. The molecule has 9 nitrogen and oxygen atoms in total. The normalized spacial score (nSPS) is 27.7. The third-order valence-electron chi connectivity index (χ3n) is 10.6. The van der Waals surface area contributed by atoms with Crippen LogP contribution in [0.3, 0.4) is 0 Å². The summed E-state index contributed by atoms with van der Waals surface area (Å²) in [6, 6.07) is 6.42. The van der Waals surface area contributed by atoms with Gasteiger partial charge in [0.25, 0.3) is 0 Å². The Bertz CT molecular complexity index is 1510. The minimum Gasteiger partial charge on any atom is -0.497 e. The van der Waals surface area contributed by atoms with Gasteiger partial charge in [-0.25, -0.2) is 9.78 Å². The van der Waals surface area contributed by atoms with Gasteiger partial charge in [-0.05, 0) is 80.1 Å². The summed E-state index contributed by atoms with van der Waals surface area (Å²) >= 11 is 0. The fraction of sp³-hybridized carbons (Fsp3) is 0.641. The van der Waals surface area contributed by atoms with E-state index in [9.17, 15) is 14.4 Å². The predicted molar refractivity (Wildman–Crippen MR) is 187 cm³/mol. The van der Waals surface area contributed by atoms with Gasteiger partial charge in [-0.1, -0.05) is 61.0 Å². The van der Waals surface area contributed by atoms with Crippen LogP contribution in [0.1, 0.15) is 98.5 Å². The van der Waals surface area contributed by atoms with Crippen molar-refractivity contribution in [2.75, 3.05) is 13.7 Å². The number of alkyl carbamates (subject to hydrolysis) is 1. The average Bonchev–Trinajstić information content (AvgIpc) is 3.40. The first-order valence-corrected chi connectivity index (χ1v) is 18.0. The van der Waals surface area contributed by atoms with E-state index in [1.807, 2.05) is 59.7 Å². The first-order chi connectivity index (χ1) is 22.8. The number of amides is 2. The van der Waals surface area contributed by atoms with Gasteiger partial charge in [0, 0.05) is 28.9 Å². The molecule has 2 aromatic rings. The van der Waals surface area contributed by atoms with E-state index in [0.29, 0.717) is 18.1 Å². The lowest BCUT2D eigenvalue weighted by atomic mass is 9.80. The van der Waals surface area contributed by atoms with Gasteiger partial charge in [-0.15, -0.1) is 0 Å². The zero-order chi connectivity index (χ0) is 34.7. The number of carbonyl (C=O) groups is 3. The summed E-state index contributed by atoms with van der Waals surface area (Å²) in [5.41, 5.74) is 2.07. The molecule has 1 aromatic heterocycles. The summed E-state index contributed by atoms with van der Waals surface area (Å²) in [6.07, 6.45) is 6.70. The molecule has 2 fully saturated rings. The zero-order valence-corrected chi connectivity index (χ0v) is 30.0. The van der Waals surface area contributed by atoms with Gasteiger partial charge in [0.15, 0.2) is 5.78 Å². The highest BCUT2D eigenvalue weighted by Gasteiger charge is 2.51. The van der Waals surface area contributed by atoms with Gasteiger partial charge in [-0.2, -0.15) is 0 Å². The zero-order valence-electron chi connectivity index (χ0n) is 30.0. The van der Waals surface area contributed by atoms with Crippen molar-refractivity contribution in [3.63, 3.8) is 0 Å². The fourth-order valence-corrected chi connectivity index (χ4v) is 7.82. The number of aromatic nitrogens is 1. The van der Waals surface area contributed by atoms with Crippen LogP contribution in [0.15, 0.2) is 36.4 Å². The second-order valence-electron chi connectivity index (χ2n) is 15.4. The lowest BCUT2D eigenvalue weighted by Crippen LogP contribution is -2.58. The predicted octanol–water partition coefficient (Wildman–Crippen LogP) is 7.44. The van der Waals surface area contributed by atoms with Gasteiger partial charge in [0.1, 0.15) is 24.0 Å². The summed E-state index contributed by atoms with van der Waals surface area (Å²) < 4.78 is 18.4. The van der Waals surface area contributed by atoms with E-state index < -0.39 is 29.7 Å². The van der Waals surface area contributed by atoms with E-state index in [2.05, 4.69) is 18.0 Å². The van der Waals surface area contributed by atoms with Crippen LogP contribution in [0.25, 0.3) is 10.9 Å². The first-order valence-electron chi connectivity index (χ1n) is 18.0. The summed E-state index contributed by atoms with van der Waals surface area (Å²) in [5, 5.41) is 3.95. The number of ketones is 1. The van der Waals surface area contributed by atoms with E-state index in [-0.39, 0.29) is 42.1 Å². The Morgan fingerprint density at radius 2 is 1.83 bits per heavy atom. The number of fused-ring (bicyclic) bond motifs is 5. The fourth-order valence-electron chi connectivity index (χ4n) is 7.82. The Morgan fingerprint density at radius 1 is 1.08 bits per heavy atom. The standard InChI is InChI=1S/C39H55N3O6/c1-9-29-31-22-42(32(29)33(43)23(2)3)37(44)35(39(5,6)7)41-38(45)48-34-24(4)14-13-17-25(34)15-11-10-12-16-27-20-26-18-19-28(46-8)21-30(26)40-36(27)47-31/h18-21,23,25,29,31-32,34-35H,4,9-17,22H2,1-3,5-8H3,(H,41,45). The van der Waals surface area contributed by atoms with E-state index in [1.165, 1.54) is 0 Å². The molecular formula is C39H55N3O6. The maximum atomic E-state index is 14.6.